The van der Waals surface area contributed by atoms with E-state index in [1.165, 1.54) is 22.4 Å². The topological polar surface area (TPSA) is 57.5 Å². The molecule has 2 aliphatic rings. The SMILES string of the molecule is COC(=O)c1cn(C2CC2)c2cc(-c3cc4c(s3)CCCC4O[Si](C)(C)C(C)(C)C)c(C)cc2c1=O. The predicted molar refractivity (Wildman–Crippen MR) is 150 cm³/mol. The van der Waals surface area contributed by atoms with Gasteiger partial charge in [-0.1, -0.05) is 20.8 Å². The number of pyridine rings is 1. The maximum atomic E-state index is 13.2. The minimum absolute atomic E-state index is 0.112. The van der Waals surface area contributed by atoms with E-state index in [1.54, 1.807) is 6.20 Å². The van der Waals surface area contributed by atoms with Crippen molar-refractivity contribution in [1.82, 2.24) is 4.57 Å². The molecule has 0 spiro atoms. The molecule has 1 saturated carbocycles. The summed E-state index contributed by atoms with van der Waals surface area (Å²) in [6.45, 7) is 13.6. The molecular weight excluding hydrogens is 486 g/mol. The fourth-order valence-electron chi connectivity index (χ4n) is 4.98. The van der Waals surface area contributed by atoms with Crippen LogP contribution in [-0.4, -0.2) is 26.0 Å². The van der Waals surface area contributed by atoms with Gasteiger partial charge in [0.25, 0.3) is 0 Å². The first-order valence-corrected chi connectivity index (χ1v) is 16.7. The molecule has 1 atom stereocenters. The zero-order valence-corrected chi connectivity index (χ0v) is 24.3. The number of hydrogen-bond donors (Lipinski definition) is 0. The summed E-state index contributed by atoms with van der Waals surface area (Å²) in [5.41, 5.74) is 4.32. The molecule has 5 nitrogen and oxygen atoms in total. The zero-order valence-electron chi connectivity index (χ0n) is 22.5. The molecule has 0 N–H and O–H groups in total. The molecule has 1 aromatic carbocycles. The Bertz CT molecular complexity index is 1410. The van der Waals surface area contributed by atoms with Crippen LogP contribution in [0.25, 0.3) is 21.3 Å². The van der Waals surface area contributed by atoms with Crippen LogP contribution in [0.3, 0.4) is 0 Å². The van der Waals surface area contributed by atoms with E-state index in [0.717, 1.165) is 48.7 Å². The highest BCUT2D eigenvalue weighted by Gasteiger charge is 2.40. The van der Waals surface area contributed by atoms with Crippen molar-refractivity contribution in [2.45, 2.75) is 90.1 Å². The molecule has 5 rings (SSSR count). The molecule has 0 saturated heterocycles. The van der Waals surface area contributed by atoms with Gasteiger partial charge in [-0.3, -0.25) is 4.79 Å². The number of ether oxygens (including phenoxy) is 1. The fraction of sp³-hybridized carbons (Fsp3) is 0.517. The number of methoxy groups -OCH3 is 1. The van der Waals surface area contributed by atoms with Gasteiger partial charge in [0, 0.05) is 27.4 Å². The Balaban J connectivity index is 1.60. The van der Waals surface area contributed by atoms with Crippen LogP contribution in [0.2, 0.25) is 18.1 Å². The minimum Gasteiger partial charge on any atom is -0.465 e. The highest BCUT2D eigenvalue weighted by atomic mass is 32.1. The van der Waals surface area contributed by atoms with Gasteiger partial charge < -0.3 is 13.7 Å². The van der Waals surface area contributed by atoms with Crippen molar-refractivity contribution < 1.29 is 14.0 Å². The smallest absolute Gasteiger partial charge is 0.343 e. The van der Waals surface area contributed by atoms with Crippen molar-refractivity contribution in [3.8, 4) is 10.4 Å². The van der Waals surface area contributed by atoms with E-state index < -0.39 is 14.3 Å². The van der Waals surface area contributed by atoms with E-state index in [4.69, 9.17) is 9.16 Å². The molecule has 2 aliphatic carbocycles. The Morgan fingerprint density at radius 2 is 1.86 bits per heavy atom. The summed E-state index contributed by atoms with van der Waals surface area (Å²) in [4.78, 5) is 28.2. The molecule has 2 heterocycles. The number of aryl methyl sites for hydroxylation is 2. The van der Waals surface area contributed by atoms with Gasteiger partial charge in [-0.25, -0.2) is 4.79 Å². The van der Waals surface area contributed by atoms with Gasteiger partial charge in [0.2, 0.25) is 5.43 Å². The number of carbonyl (C=O) groups excluding carboxylic acids is 1. The van der Waals surface area contributed by atoms with Gasteiger partial charge in [0.05, 0.1) is 18.7 Å². The predicted octanol–water partition coefficient (Wildman–Crippen LogP) is 7.56. The molecule has 36 heavy (non-hydrogen) atoms. The quantitative estimate of drug-likeness (QED) is 0.256. The van der Waals surface area contributed by atoms with Crippen LogP contribution in [-0.2, 0) is 15.6 Å². The number of thiophene rings is 1. The highest BCUT2D eigenvalue weighted by molar-refractivity contribution is 7.15. The van der Waals surface area contributed by atoms with E-state index >= 15 is 0 Å². The minimum atomic E-state index is -1.89. The lowest BCUT2D eigenvalue weighted by atomic mass is 9.95. The van der Waals surface area contributed by atoms with Crippen molar-refractivity contribution in [1.29, 1.82) is 0 Å². The summed E-state index contributed by atoms with van der Waals surface area (Å²) in [7, 11) is -0.565. The first-order chi connectivity index (χ1) is 16.9. The molecule has 2 aromatic heterocycles. The monoisotopic (exact) mass is 523 g/mol. The second kappa shape index (κ2) is 8.96. The number of fused-ring (bicyclic) bond motifs is 2. The Morgan fingerprint density at radius 1 is 1.14 bits per heavy atom. The maximum Gasteiger partial charge on any atom is 0.343 e. The third kappa shape index (κ3) is 4.39. The van der Waals surface area contributed by atoms with Gasteiger partial charge in [0.15, 0.2) is 8.32 Å². The van der Waals surface area contributed by atoms with E-state index in [0.29, 0.717) is 11.4 Å². The normalized spacial score (nSPS) is 18.4. The number of esters is 1. The van der Waals surface area contributed by atoms with Crippen molar-refractivity contribution in [2.75, 3.05) is 7.11 Å². The second-order valence-electron chi connectivity index (χ2n) is 11.9. The first kappa shape index (κ1) is 25.4. The van der Waals surface area contributed by atoms with E-state index in [9.17, 15) is 9.59 Å². The van der Waals surface area contributed by atoms with Crippen LogP contribution in [0.15, 0.2) is 29.2 Å². The molecule has 3 aromatic rings. The van der Waals surface area contributed by atoms with Crippen LogP contribution >= 0.6 is 11.3 Å². The van der Waals surface area contributed by atoms with Crippen LogP contribution in [0.1, 0.15) is 85.0 Å². The lowest BCUT2D eigenvalue weighted by Crippen LogP contribution is -2.42. The van der Waals surface area contributed by atoms with Crippen molar-refractivity contribution >= 4 is 36.5 Å². The van der Waals surface area contributed by atoms with Crippen molar-refractivity contribution in [3.05, 3.63) is 56.2 Å². The van der Waals surface area contributed by atoms with Gasteiger partial charge >= 0.3 is 5.97 Å². The van der Waals surface area contributed by atoms with E-state index in [-0.39, 0.29) is 22.1 Å². The molecule has 0 bridgehead atoms. The van der Waals surface area contributed by atoms with E-state index in [2.05, 4.69) is 57.5 Å². The number of rotatable bonds is 5. The van der Waals surface area contributed by atoms with Crippen molar-refractivity contribution in [3.63, 3.8) is 0 Å². The molecule has 0 amide bonds. The number of hydrogen-bond acceptors (Lipinski definition) is 5. The third-order valence-corrected chi connectivity index (χ3v) is 14.0. The van der Waals surface area contributed by atoms with Crippen LogP contribution < -0.4 is 5.43 Å². The summed E-state index contributed by atoms with van der Waals surface area (Å²) in [6.07, 6.45) is 7.30. The highest BCUT2D eigenvalue weighted by Crippen LogP contribution is 2.47. The summed E-state index contributed by atoms with van der Waals surface area (Å²) < 4.78 is 13.9. The number of carbonyl (C=O) groups is 1. The molecule has 7 heteroatoms. The summed E-state index contributed by atoms with van der Waals surface area (Å²) >= 11 is 1.87. The molecule has 0 aliphatic heterocycles. The Hall–Kier alpha value is -2.22. The third-order valence-electron chi connectivity index (χ3n) is 8.29. The molecule has 0 radical (unpaired) electrons. The van der Waals surface area contributed by atoms with E-state index in [1.807, 2.05) is 17.4 Å². The number of aromatic nitrogens is 1. The molecule has 1 fully saturated rings. The Kier molecular flexibility index (Phi) is 6.33. The number of benzene rings is 1. The van der Waals surface area contributed by atoms with Gasteiger partial charge in [-0.05, 0) is 92.0 Å². The molecule has 1 unspecified atom stereocenters. The summed E-state index contributed by atoms with van der Waals surface area (Å²) in [6, 6.07) is 6.78. The fourth-order valence-corrected chi connectivity index (χ4v) is 7.63. The summed E-state index contributed by atoms with van der Waals surface area (Å²) in [5.74, 6) is -0.572. The van der Waals surface area contributed by atoms with Crippen LogP contribution in [0, 0.1) is 6.92 Å². The standard InChI is InChI=1S/C29H37NO4SSi/c1-17-13-20-23(30(18-11-12-18)16-22(27(20)31)28(32)33-5)14-19(17)26-15-21-24(9-8-10-25(21)35-26)34-36(6,7)29(2,3)4/h13-16,18,24H,8-12H2,1-7H3. The second-order valence-corrected chi connectivity index (χ2v) is 17.8. The lowest BCUT2D eigenvalue weighted by molar-refractivity contribution is 0.0598. The maximum absolute atomic E-state index is 13.2. The van der Waals surface area contributed by atoms with Crippen molar-refractivity contribution in [2.24, 2.45) is 0 Å². The van der Waals surface area contributed by atoms with Crippen LogP contribution in [0.5, 0.6) is 0 Å². The molecular formula is C29H37NO4SSi. The van der Waals surface area contributed by atoms with Gasteiger partial charge in [-0.2, -0.15) is 0 Å². The lowest BCUT2D eigenvalue weighted by Gasteiger charge is -2.40. The zero-order chi connectivity index (χ0) is 26.0. The largest absolute Gasteiger partial charge is 0.465 e. The number of nitrogens with zero attached hydrogens (tertiary/aromatic N) is 1. The van der Waals surface area contributed by atoms with Crippen LogP contribution in [0.4, 0.5) is 0 Å². The first-order valence-electron chi connectivity index (χ1n) is 13.0. The average Bonchev–Trinajstić information content (AvgIpc) is 3.56. The average molecular weight is 524 g/mol. The molecule has 192 valence electrons. The Labute approximate surface area is 218 Å². The van der Waals surface area contributed by atoms with Gasteiger partial charge in [0.1, 0.15) is 5.56 Å². The van der Waals surface area contributed by atoms with Gasteiger partial charge in [-0.15, -0.1) is 11.3 Å². The Morgan fingerprint density at radius 3 is 2.50 bits per heavy atom. The summed E-state index contributed by atoms with van der Waals surface area (Å²) in [5, 5.41) is 0.764.